The maximum Gasteiger partial charge on any atom is 0.00982 e. The van der Waals surface area contributed by atoms with Crippen LogP contribution in [0.5, 0.6) is 0 Å². The monoisotopic (exact) mass is 96.1 g/mol. The van der Waals surface area contributed by atoms with Crippen LogP contribution in [0.3, 0.4) is 0 Å². The summed E-state index contributed by atoms with van der Waals surface area (Å²) < 4.78 is 0. The Kier molecular flexibility index (Phi) is 3.11. The van der Waals surface area contributed by atoms with Gasteiger partial charge < -0.3 is 5.73 Å². The molecule has 39 valence electrons. The third-order valence-electron chi connectivity index (χ3n) is 0.547. The molecule has 0 fully saturated rings. The molecule has 0 amide bonds. The minimum Gasteiger partial charge on any atom is -0.402 e. The maximum absolute atomic E-state index is 5.18. The van der Waals surface area contributed by atoms with Crippen molar-refractivity contribution in [3.8, 4) is 0 Å². The third-order valence-corrected chi connectivity index (χ3v) is 0.547. The van der Waals surface area contributed by atoms with Crippen molar-refractivity contribution < 1.29 is 0 Å². The number of rotatable bonds is 3. The lowest BCUT2D eigenvalue weighted by Crippen LogP contribution is -1.93. The van der Waals surface area contributed by atoms with Crippen LogP contribution in [0.4, 0.5) is 0 Å². The minimum atomic E-state index is 0.611. The molecule has 1 heteroatoms. The fraction of sp³-hybridized carbons (Fsp3) is 0.167. The van der Waals surface area contributed by atoms with Crippen LogP contribution in [-0.4, -0.2) is 0 Å². The number of hydrogen-bond donors (Lipinski definition) is 1. The summed E-state index contributed by atoms with van der Waals surface area (Å²) >= 11 is 0. The van der Waals surface area contributed by atoms with Crippen molar-refractivity contribution in [3.63, 3.8) is 0 Å². The Morgan fingerprint density at radius 1 is 1.71 bits per heavy atom. The largest absolute Gasteiger partial charge is 0.402 e. The van der Waals surface area contributed by atoms with Gasteiger partial charge in [-0.25, -0.2) is 0 Å². The summed E-state index contributed by atoms with van der Waals surface area (Å²) in [5.74, 6) is 0. The van der Waals surface area contributed by atoms with Gasteiger partial charge in [-0.15, -0.1) is 6.58 Å². The summed E-state index contributed by atoms with van der Waals surface area (Å²) in [6, 6.07) is 0. The van der Waals surface area contributed by atoms with Crippen LogP contribution in [0.2, 0.25) is 0 Å². The standard InChI is InChI=1S/C6H10N/c1-3-4-5-6(2)7/h3,5H,1-2,4,7H2. The predicted octanol–water partition coefficient (Wildman–Crippen LogP) is 1.24. The van der Waals surface area contributed by atoms with E-state index >= 15 is 0 Å². The SMILES string of the molecule is C=CC[CH]C(=C)N. The van der Waals surface area contributed by atoms with Crippen molar-refractivity contribution in [2.24, 2.45) is 5.73 Å². The molecule has 0 bridgehead atoms. The van der Waals surface area contributed by atoms with Crippen molar-refractivity contribution in [3.05, 3.63) is 31.4 Å². The van der Waals surface area contributed by atoms with E-state index in [1.807, 2.05) is 6.42 Å². The lowest BCUT2D eigenvalue weighted by atomic mass is 10.3. The Morgan fingerprint density at radius 2 is 2.29 bits per heavy atom. The third kappa shape index (κ3) is 5.28. The Morgan fingerprint density at radius 3 is 2.43 bits per heavy atom. The first-order chi connectivity index (χ1) is 3.27. The molecule has 1 nitrogen and oxygen atoms in total. The first kappa shape index (κ1) is 6.28. The fourth-order valence-corrected chi connectivity index (χ4v) is 0.235. The van der Waals surface area contributed by atoms with Gasteiger partial charge in [0.25, 0.3) is 0 Å². The molecule has 1 radical (unpaired) electrons. The zero-order valence-electron chi connectivity index (χ0n) is 4.35. The van der Waals surface area contributed by atoms with Crippen LogP contribution in [0.15, 0.2) is 24.9 Å². The van der Waals surface area contributed by atoms with Crippen molar-refractivity contribution >= 4 is 0 Å². The number of allylic oxidation sites excluding steroid dienone is 2. The molecule has 0 saturated heterocycles. The van der Waals surface area contributed by atoms with Gasteiger partial charge in [0.05, 0.1) is 0 Å². The lowest BCUT2D eigenvalue weighted by Gasteiger charge is -1.89. The second-order valence-corrected chi connectivity index (χ2v) is 1.30. The van der Waals surface area contributed by atoms with Crippen LogP contribution in [-0.2, 0) is 0 Å². The fourth-order valence-electron chi connectivity index (χ4n) is 0.235. The van der Waals surface area contributed by atoms with Crippen LogP contribution in [0, 0.1) is 6.42 Å². The molecule has 0 aromatic rings. The second kappa shape index (κ2) is 3.47. The molecule has 0 saturated carbocycles. The highest BCUT2D eigenvalue weighted by molar-refractivity contribution is 5.04. The average Bonchev–Trinajstić information content (AvgIpc) is 1.61. The highest BCUT2D eigenvalue weighted by Gasteiger charge is 1.79. The number of hydrogen-bond acceptors (Lipinski definition) is 1. The molecule has 0 aliphatic heterocycles. The van der Waals surface area contributed by atoms with Gasteiger partial charge >= 0.3 is 0 Å². The van der Waals surface area contributed by atoms with E-state index in [1.54, 1.807) is 6.08 Å². The van der Waals surface area contributed by atoms with Gasteiger partial charge in [-0.05, 0) is 6.42 Å². The van der Waals surface area contributed by atoms with Gasteiger partial charge in [-0.3, -0.25) is 0 Å². The summed E-state index contributed by atoms with van der Waals surface area (Å²) in [5, 5.41) is 0. The molecule has 7 heavy (non-hydrogen) atoms. The van der Waals surface area contributed by atoms with Gasteiger partial charge in [0.15, 0.2) is 0 Å². The topological polar surface area (TPSA) is 26.0 Å². The highest BCUT2D eigenvalue weighted by Crippen LogP contribution is 1.91. The van der Waals surface area contributed by atoms with Crippen molar-refractivity contribution in [1.29, 1.82) is 0 Å². The smallest absolute Gasteiger partial charge is 0.00982 e. The summed E-state index contributed by atoms with van der Waals surface area (Å²) in [4.78, 5) is 0. The summed E-state index contributed by atoms with van der Waals surface area (Å²) in [7, 11) is 0. The molecule has 0 aliphatic carbocycles. The van der Waals surface area contributed by atoms with Crippen LogP contribution in [0.1, 0.15) is 6.42 Å². The molecule has 0 spiro atoms. The summed E-state index contributed by atoms with van der Waals surface area (Å²) in [6.07, 6.45) is 4.40. The number of nitrogens with two attached hydrogens (primary N) is 1. The van der Waals surface area contributed by atoms with Gasteiger partial charge in [0.1, 0.15) is 0 Å². The lowest BCUT2D eigenvalue weighted by molar-refractivity contribution is 1.19. The zero-order chi connectivity index (χ0) is 5.70. The first-order valence-electron chi connectivity index (χ1n) is 2.16. The Labute approximate surface area is 44.5 Å². The predicted molar refractivity (Wildman–Crippen MR) is 32.4 cm³/mol. The molecule has 0 atom stereocenters. The van der Waals surface area contributed by atoms with Gasteiger partial charge in [-0.1, -0.05) is 12.7 Å². The van der Waals surface area contributed by atoms with Crippen LogP contribution < -0.4 is 5.73 Å². The molecule has 0 aliphatic rings. The molecule has 0 heterocycles. The minimum absolute atomic E-state index is 0.611. The second-order valence-electron chi connectivity index (χ2n) is 1.30. The van der Waals surface area contributed by atoms with Crippen molar-refractivity contribution in [2.45, 2.75) is 6.42 Å². The Hall–Kier alpha value is -0.720. The van der Waals surface area contributed by atoms with E-state index in [-0.39, 0.29) is 0 Å². The molecule has 0 aromatic carbocycles. The van der Waals surface area contributed by atoms with Gasteiger partial charge in [-0.2, -0.15) is 0 Å². The normalized spacial score (nSPS) is 8.00. The van der Waals surface area contributed by atoms with Crippen molar-refractivity contribution in [2.75, 3.05) is 0 Å². The molecule has 0 rings (SSSR count). The zero-order valence-corrected chi connectivity index (χ0v) is 4.35. The molecule has 0 aromatic heterocycles. The van der Waals surface area contributed by atoms with Crippen molar-refractivity contribution in [1.82, 2.24) is 0 Å². The van der Waals surface area contributed by atoms with Gasteiger partial charge in [0.2, 0.25) is 0 Å². The van der Waals surface area contributed by atoms with E-state index in [9.17, 15) is 0 Å². The molecular formula is C6H10N. The molecule has 2 N–H and O–H groups in total. The Bertz CT molecular complexity index is 74.2. The molecular weight excluding hydrogens is 86.1 g/mol. The summed E-state index contributed by atoms with van der Waals surface area (Å²) in [6.45, 7) is 6.97. The van der Waals surface area contributed by atoms with E-state index in [4.69, 9.17) is 5.73 Å². The van der Waals surface area contributed by atoms with E-state index in [1.165, 1.54) is 0 Å². The quantitative estimate of drug-likeness (QED) is 0.525. The van der Waals surface area contributed by atoms with Gasteiger partial charge in [0, 0.05) is 12.1 Å². The van der Waals surface area contributed by atoms with E-state index in [2.05, 4.69) is 13.2 Å². The van der Waals surface area contributed by atoms with E-state index in [0.717, 1.165) is 6.42 Å². The van der Waals surface area contributed by atoms with E-state index < -0.39 is 0 Å². The average molecular weight is 96.2 g/mol. The Balaban J connectivity index is 2.97. The first-order valence-corrected chi connectivity index (χ1v) is 2.16. The van der Waals surface area contributed by atoms with E-state index in [0.29, 0.717) is 5.70 Å². The summed E-state index contributed by atoms with van der Waals surface area (Å²) in [5.41, 5.74) is 5.79. The molecule has 0 unspecified atom stereocenters. The van der Waals surface area contributed by atoms with Crippen LogP contribution >= 0.6 is 0 Å². The van der Waals surface area contributed by atoms with Crippen LogP contribution in [0.25, 0.3) is 0 Å². The maximum atomic E-state index is 5.18. The highest BCUT2D eigenvalue weighted by atomic mass is 14.5.